The Morgan fingerprint density at radius 1 is 1.20 bits per heavy atom. The Morgan fingerprint density at radius 2 is 1.95 bits per heavy atom. The van der Waals surface area contributed by atoms with Crippen molar-refractivity contribution in [1.82, 2.24) is 0 Å². The number of hydrogen-bond acceptors (Lipinski definition) is 5. The lowest BCUT2D eigenvalue weighted by molar-refractivity contribution is -0.143. The fourth-order valence-corrected chi connectivity index (χ4v) is 1.67. The van der Waals surface area contributed by atoms with Crippen LogP contribution >= 0.6 is 0 Å². The summed E-state index contributed by atoms with van der Waals surface area (Å²) in [6.07, 6.45) is 0.805. The van der Waals surface area contributed by atoms with Gasteiger partial charge in [0.05, 0.1) is 13.2 Å². The van der Waals surface area contributed by atoms with Crippen LogP contribution in [0.4, 0.5) is 5.69 Å². The highest BCUT2D eigenvalue weighted by Gasteiger charge is 2.12. The number of carbonyl (C=O) groups is 2. The smallest absolute Gasteiger partial charge is 0.329 e. The number of hydrogen-bond donors (Lipinski definition) is 2. The number of aliphatic carboxylic acids is 1. The molecule has 1 heterocycles. The zero-order valence-corrected chi connectivity index (χ0v) is 10.8. The molecule has 0 atom stereocenters. The van der Waals surface area contributed by atoms with E-state index in [0.29, 0.717) is 30.4 Å². The van der Waals surface area contributed by atoms with Crippen molar-refractivity contribution in [3.63, 3.8) is 0 Å². The van der Waals surface area contributed by atoms with E-state index in [2.05, 4.69) is 5.32 Å². The van der Waals surface area contributed by atoms with Gasteiger partial charge in [-0.15, -0.1) is 0 Å². The predicted molar refractivity (Wildman–Crippen MR) is 69.1 cm³/mol. The Morgan fingerprint density at radius 3 is 2.70 bits per heavy atom. The SMILES string of the molecule is O=C(O)COCC(=O)Nc1ccc2c(c1)OCCCO2. The summed E-state index contributed by atoms with van der Waals surface area (Å²) in [4.78, 5) is 21.8. The minimum atomic E-state index is -1.12. The first-order valence-electron chi connectivity index (χ1n) is 6.14. The van der Waals surface area contributed by atoms with Crippen LogP contribution in [-0.4, -0.2) is 43.4 Å². The van der Waals surface area contributed by atoms with Gasteiger partial charge >= 0.3 is 5.97 Å². The fourth-order valence-electron chi connectivity index (χ4n) is 1.67. The molecule has 1 aromatic rings. The summed E-state index contributed by atoms with van der Waals surface area (Å²) in [6, 6.07) is 5.06. The van der Waals surface area contributed by atoms with Crippen molar-refractivity contribution in [2.75, 3.05) is 31.7 Å². The molecule has 0 unspecified atom stereocenters. The molecule has 7 nitrogen and oxygen atoms in total. The number of fused-ring (bicyclic) bond motifs is 1. The monoisotopic (exact) mass is 281 g/mol. The van der Waals surface area contributed by atoms with Gasteiger partial charge in [-0.05, 0) is 12.1 Å². The largest absolute Gasteiger partial charge is 0.490 e. The Bertz CT molecular complexity index is 502. The van der Waals surface area contributed by atoms with E-state index in [1.165, 1.54) is 0 Å². The number of carbonyl (C=O) groups excluding carboxylic acids is 1. The molecule has 0 radical (unpaired) electrons. The molecule has 1 aliphatic heterocycles. The molecule has 0 saturated carbocycles. The average molecular weight is 281 g/mol. The fraction of sp³-hybridized carbons (Fsp3) is 0.385. The van der Waals surface area contributed by atoms with E-state index in [1.807, 2.05) is 0 Å². The number of carboxylic acid groups (broad SMARTS) is 1. The molecule has 0 aromatic heterocycles. The lowest BCUT2D eigenvalue weighted by atomic mass is 10.2. The molecule has 0 spiro atoms. The number of benzene rings is 1. The van der Waals surface area contributed by atoms with Crippen molar-refractivity contribution in [3.8, 4) is 11.5 Å². The lowest BCUT2D eigenvalue weighted by Gasteiger charge is -2.10. The zero-order valence-electron chi connectivity index (χ0n) is 10.8. The maximum atomic E-state index is 11.5. The van der Waals surface area contributed by atoms with Crippen LogP contribution in [0, 0.1) is 0 Å². The van der Waals surface area contributed by atoms with Crippen molar-refractivity contribution < 1.29 is 28.9 Å². The van der Waals surface area contributed by atoms with Crippen LogP contribution < -0.4 is 14.8 Å². The molecule has 1 aromatic carbocycles. The number of anilines is 1. The highest BCUT2D eigenvalue weighted by atomic mass is 16.5. The van der Waals surface area contributed by atoms with Crippen LogP contribution in [0.1, 0.15) is 6.42 Å². The van der Waals surface area contributed by atoms with Crippen molar-refractivity contribution in [3.05, 3.63) is 18.2 Å². The normalized spacial score (nSPS) is 13.4. The Balaban J connectivity index is 1.91. The van der Waals surface area contributed by atoms with E-state index in [-0.39, 0.29) is 6.61 Å². The van der Waals surface area contributed by atoms with Crippen LogP contribution in [0.3, 0.4) is 0 Å². The molecule has 1 amide bonds. The summed E-state index contributed by atoms with van der Waals surface area (Å²) < 4.78 is 15.7. The number of rotatable bonds is 5. The highest BCUT2D eigenvalue weighted by Crippen LogP contribution is 2.32. The molecule has 20 heavy (non-hydrogen) atoms. The first kappa shape index (κ1) is 14.1. The van der Waals surface area contributed by atoms with Crippen molar-refractivity contribution in [2.24, 2.45) is 0 Å². The molecule has 0 saturated heterocycles. The Kier molecular flexibility index (Phi) is 4.78. The van der Waals surface area contributed by atoms with Gasteiger partial charge in [0.2, 0.25) is 5.91 Å². The van der Waals surface area contributed by atoms with Crippen molar-refractivity contribution in [2.45, 2.75) is 6.42 Å². The van der Waals surface area contributed by atoms with Gasteiger partial charge in [0.1, 0.15) is 13.2 Å². The van der Waals surface area contributed by atoms with Gasteiger partial charge in [-0.2, -0.15) is 0 Å². The maximum absolute atomic E-state index is 11.5. The van der Waals surface area contributed by atoms with Gasteiger partial charge in [0.25, 0.3) is 0 Å². The van der Waals surface area contributed by atoms with E-state index in [4.69, 9.17) is 19.3 Å². The van der Waals surface area contributed by atoms with Crippen LogP contribution in [-0.2, 0) is 14.3 Å². The number of ether oxygens (including phenoxy) is 3. The summed E-state index contributed by atoms with van der Waals surface area (Å²) >= 11 is 0. The van der Waals surface area contributed by atoms with Crippen LogP contribution in [0.25, 0.3) is 0 Å². The summed E-state index contributed by atoms with van der Waals surface area (Å²) in [5.74, 6) is -0.330. The topological polar surface area (TPSA) is 94.1 Å². The first-order chi connectivity index (χ1) is 9.65. The number of amides is 1. The van der Waals surface area contributed by atoms with Crippen LogP contribution in [0.15, 0.2) is 18.2 Å². The predicted octanol–water partition coefficient (Wildman–Crippen LogP) is 0.888. The summed E-state index contributed by atoms with van der Waals surface area (Å²) in [7, 11) is 0. The number of nitrogens with one attached hydrogen (secondary N) is 1. The molecule has 2 N–H and O–H groups in total. The third-order valence-electron chi connectivity index (χ3n) is 2.49. The lowest BCUT2D eigenvalue weighted by Crippen LogP contribution is -2.20. The summed E-state index contributed by atoms with van der Waals surface area (Å²) in [6.45, 7) is 0.336. The molecule has 7 heteroatoms. The van der Waals surface area contributed by atoms with E-state index >= 15 is 0 Å². The van der Waals surface area contributed by atoms with E-state index in [9.17, 15) is 9.59 Å². The molecular formula is C13H15NO6. The van der Waals surface area contributed by atoms with E-state index in [1.54, 1.807) is 18.2 Å². The highest BCUT2D eigenvalue weighted by molar-refractivity contribution is 5.92. The summed E-state index contributed by atoms with van der Waals surface area (Å²) in [5.41, 5.74) is 0.540. The second-order valence-electron chi connectivity index (χ2n) is 4.15. The zero-order chi connectivity index (χ0) is 14.4. The van der Waals surface area contributed by atoms with Gasteiger partial charge < -0.3 is 24.6 Å². The van der Waals surface area contributed by atoms with Crippen molar-refractivity contribution in [1.29, 1.82) is 0 Å². The maximum Gasteiger partial charge on any atom is 0.329 e. The minimum absolute atomic E-state index is 0.319. The van der Waals surface area contributed by atoms with Gasteiger partial charge in [-0.25, -0.2) is 4.79 Å². The third-order valence-corrected chi connectivity index (χ3v) is 2.49. The molecule has 2 rings (SSSR count). The van der Waals surface area contributed by atoms with E-state index < -0.39 is 18.5 Å². The summed E-state index contributed by atoms with van der Waals surface area (Å²) in [5, 5.41) is 11.0. The second-order valence-corrected chi connectivity index (χ2v) is 4.15. The van der Waals surface area contributed by atoms with Gasteiger partial charge in [0.15, 0.2) is 11.5 Å². The van der Waals surface area contributed by atoms with Gasteiger partial charge in [-0.1, -0.05) is 0 Å². The van der Waals surface area contributed by atoms with Crippen molar-refractivity contribution >= 4 is 17.6 Å². The minimum Gasteiger partial charge on any atom is -0.490 e. The Labute approximate surface area is 115 Å². The standard InChI is InChI=1S/C13H15NO6/c15-12(7-18-8-13(16)17)14-9-2-3-10-11(6-9)20-5-1-4-19-10/h2-3,6H,1,4-5,7-8H2,(H,14,15)(H,16,17). The van der Waals surface area contributed by atoms with Gasteiger partial charge in [0, 0.05) is 18.2 Å². The van der Waals surface area contributed by atoms with Crippen LogP contribution in [0.5, 0.6) is 11.5 Å². The quantitative estimate of drug-likeness (QED) is 0.832. The van der Waals surface area contributed by atoms with Crippen LogP contribution in [0.2, 0.25) is 0 Å². The molecule has 0 fully saturated rings. The third kappa shape index (κ3) is 4.13. The second kappa shape index (κ2) is 6.76. The van der Waals surface area contributed by atoms with E-state index in [0.717, 1.165) is 6.42 Å². The Hall–Kier alpha value is -2.28. The molecule has 108 valence electrons. The average Bonchev–Trinajstić information content (AvgIpc) is 2.62. The molecule has 0 bridgehead atoms. The molecule has 1 aliphatic rings. The molecule has 0 aliphatic carbocycles. The molecular weight excluding hydrogens is 266 g/mol. The number of carboxylic acids is 1. The van der Waals surface area contributed by atoms with Gasteiger partial charge in [-0.3, -0.25) is 4.79 Å². The first-order valence-corrected chi connectivity index (χ1v) is 6.14.